The fraction of sp³-hybridized carbons (Fsp3) is 0.533. The molecule has 0 aliphatic carbocycles. The van der Waals surface area contributed by atoms with Gasteiger partial charge in [-0.3, -0.25) is 9.59 Å². The summed E-state index contributed by atoms with van der Waals surface area (Å²) < 4.78 is 5.07. The molecular formula is C15H19ClN2O3. The monoisotopic (exact) mass is 310 g/mol. The van der Waals surface area contributed by atoms with Gasteiger partial charge < -0.3 is 10.1 Å². The van der Waals surface area contributed by atoms with E-state index in [1.165, 1.54) is 6.92 Å². The third-order valence-electron chi connectivity index (χ3n) is 4.16. The van der Waals surface area contributed by atoms with Crippen molar-refractivity contribution >= 4 is 23.5 Å². The normalized spacial score (nSPS) is 27.8. The molecule has 0 saturated carbocycles. The zero-order valence-electron chi connectivity index (χ0n) is 12.6. The highest BCUT2D eigenvalue weighted by Crippen LogP contribution is 2.40. The zero-order chi connectivity index (χ0) is 15.8. The maximum Gasteiger partial charge on any atom is 0.327 e. The Kier molecular flexibility index (Phi) is 3.97. The number of ether oxygens (including phenoxy) is 1. The SMILES string of the molecule is CCOC(=O)C1(C)C(=O)NC(C)(CC)c2ccc(Cl)nc21. The van der Waals surface area contributed by atoms with E-state index in [9.17, 15) is 9.59 Å². The maximum atomic E-state index is 12.6. The second kappa shape index (κ2) is 5.30. The zero-order valence-corrected chi connectivity index (χ0v) is 13.4. The van der Waals surface area contributed by atoms with Crippen LogP contribution in [0.2, 0.25) is 5.15 Å². The Balaban J connectivity index is 2.70. The fourth-order valence-electron chi connectivity index (χ4n) is 2.56. The lowest BCUT2D eigenvalue weighted by atomic mass is 9.72. The Labute approximate surface area is 129 Å². The molecule has 2 unspecified atom stereocenters. The molecule has 1 aromatic rings. The highest BCUT2D eigenvalue weighted by Gasteiger charge is 2.54. The molecule has 2 rings (SSSR count). The van der Waals surface area contributed by atoms with E-state index in [1.54, 1.807) is 13.0 Å². The van der Waals surface area contributed by atoms with Crippen molar-refractivity contribution in [1.82, 2.24) is 10.3 Å². The first-order valence-corrected chi connectivity index (χ1v) is 7.34. The number of fused-ring (bicyclic) bond motifs is 1. The molecule has 5 nitrogen and oxygen atoms in total. The van der Waals surface area contributed by atoms with Crippen molar-refractivity contribution in [2.45, 2.75) is 45.1 Å². The molecule has 6 heteroatoms. The fourth-order valence-corrected chi connectivity index (χ4v) is 2.70. The number of hydrogen-bond acceptors (Lipinski definition) is 4. The molecule has 2 heterocycles. The minimum Gasteiger partial charge on any atom is -0.465 e. The highest BCUT2D eigenvalue weighted by atomic mass is 35.5. The molecule has 0 aromatic carbocycles. The summed E-state index contributed by atoms with van der Waals surface area (Å²) in [6.45, 7) is 7.29. The van der Waals surface area contributed by atoms with Crippen molar-refractivity contribution in [2.75, 3.05) is 6.61 Å². The number of hydrogen-bond donors (Lipinski definition) is 1. The van der Waals surface area contributed by atoms with E-state index in [2.05, 4.69) is 10.3 Å². The molecule has 114 valence electrons. The van der Waals surface area contributed by atoms with Gasteiger partial charge in [0, 0.05) is 5.56 Å². The minimum absolute atomic E-state index is 0.197. The predicted octanol–water partition coefficient (Wildman–Crippen LogP) is 2.31. The van der Waals surface area contributed by atoms with Crippen molar-refractivity contribution < 1.29 is 14.3 Å². The van der Waals surface area contributed by atoms with Crippen molar-refractivity contribution in [1.29, 1.82) is 0 Å². The second-order valence-electron chi connectivity index (χ2n) is 5.52. The third-order valence-corrected chi connectivity index (χ3v) is 4.37. The summed E-state index contributed by atoms with van der Waals surface area (Å²) in [4.78, 5) is 29.2. The molecule has 1 aliphatic rings. The molecule has 21 heavy (non-hydrogen) atoms. The molecule has 0 spiro atoms. The van der Waals surface area contributed by atoms with E-state index in [4.69, 9.17) is 16.3 Å². The summed E-state index contributed by atoms with van der Waals surface area (Å²) in [5.41, 5.74) is -0.882. The molecule has 1 aliphatic heterocycles. The standard InChI is InChI=1S/C15H19ClN2O3/c1-5-14(3)9-7-8-10(16)17-11(9)15(4,12(19)18-14)13(20)21-6-2/h7-8H,5-6H2,1-4H3,(H,18,19). The van der Waals surface area contributed by atoms with Crippen molar-refractivity contribution in [3.63, 3.8) is 0 Å². The lowest BCUT2D eigenvalue weighted by Crippen LogP contribution is -2.60. The van der Waals surface area contributed by atoms with Crippen LogP contribution in [0.25, 0.3) is 0 Å². The summed E-state index contributed by atoms with van der Waals surface area (Å²) in [6, 6.07) is 3.47. The van der Waals surface area contributed by atoms with Gasteiger partial charge in [-0.25, -0.2) is 4.98 Å². The number of halogens is 1. The van der Waals surface area contributed by atoms with Crippen LogP contribution in [-0.4, -0.2) is 23.5 Å². The van der Waals surface area contributed by atoms with Gasteiger partial charge in [-0.15, -0.1) is 0 Å². The van der Waals surface area contributed by atoms with E-state index in [0.29, 0.717) is 12.1 Å². The maximum absolute atomic E-state index is 12.6. The third kappa shape index (κ3) is 2.29. The van der Waals surface area contributed by atoms with Gasteiger partial charge >= 0.3 is 5.97 Å². The number of carbonyl (C=O) groups is 2. The smallest absolute Gasteiger partial charge is 0.327 e. The molecular weight excluding hydrogens is 292 g/mol. The highest BCUT2D eigenvalue weighted by molar-refractivity contribution is 6.29. The summed E-state index contributed by atoms with van der Waals surface area (Å²) >= 11 is 5.97. The van der Waals surface area contributed by atoms with Crippen LogP contribution in [0, 0.1) is 0 Å². The molecule has 0 radical (unpaired) electrons. The van der Waals surface area contributed by atoms with E-state index < -0.39 is 22.8 Å². The first-order chi connectivity index (χ1) is 9.79. The Morgan fingerprint density at radius 2 is 2.05 bits per heavy atom. The molecule has 1 aromatic heterocycles. The number of amides is 1. The van der Waals surface area contributed by atoms with Gasteiger partial charge in [0.15, 0.2) is 5.41 Å². The largest absolute Gasteiger partial charge is 0.465 e. The van der Waals surface area contributed by atoms with E-state index >= 15 is 0 Å². The average Bonchev–Trinajstić information content (AvgIpc) is 2.45. The lowest BCUT2D eigenvalue weighted by molar-refractivity contribution is -0.155. The van der Waals surface area contributed by atoms with Gasteiger partial charge in [0.1, 0.15) is 5.15 Å². The van der Waals surface area contributed by atoms with Crippen LogP contribution >= 0.6 is 11.6 Å². The van der Waals surface area contributed by atoms with Gasteiger partial charge in [-0.05, 0) is 33.3 Å². The Morgan fingerprint density at radius 1 is 1.38 bits per heavy atom. The summed E-state index contributed by atoms with van der Waals surface area (Å²) in [5.74, 6) is -1.02. The summed E-state index contributed by atoms with van der Waals surface area (Å²) in [5, 5.41) is 3.17. The second-order valence-corrected chi connectivity index (χ2v) is 5.90. The number of esters is 1. The van der Waals surface area contributed by atoms with Crippen LogP contribution in [0.15, 0.2) is 12.1 Å². The first kappa shape index (κ1) is 15.8. The molecule has 1 N–H and O–H groups in total. The van der Waals surface area contributed by atoms with Crippen LogP contribution in [-0.2, 0) is 25.3 Å². The Bertz CT molecular complexity index is 605. The van der Waals surface area contributed by atoms with Gasteiger partial charge in [0.25, 0.3) is 0 Å². The first-order valence-electron chi connectivity index (χ1n) is 6.97. The molecule has 1 amide bonds. The molecule has 0 saturated heterocycles. The van der Waals surface area contributed by atoms with Crippen LogP contribution < -0.4 is 5.32 Å². The van der Waals surface area contributed by atoms with Crippen LogP contribution in [0.1, 0.15) is 45.4 Å². The van der Waals surface area contributed by atoms with Crippen molar-refractivity contribution in [3.8, 4) is 0 Å². The number of rotatable bonds is 3. The van der Waals surface area contributed by atoms with Gasteiger partial charge in [0.2, 0.25) is 5.91 Å². The number of pyridine rings is 1. The molecule has 0 fully saturated rings. The summed E-state index contributed by atoms with van der Waals surface area (Å²) in [7, 11) is 0. The predicted molar refractivity (Wildman–Crippen MR) is 79.0 cm³/mol. The van der Waals surface area contributed by atoms with Gasteiger partial charge in [-0.1, -0.05) is 24.6 Å². The Morgan fingerprint density at radius 3 is 2.62 bits per heavy atom. The topological polar surface area (TPSA) is 68.3 Å². The quantitative estimate of drug-likeness (QED) is 0.528. The van der Waals surface area contributed by atoms with Crippen LogP contribution in [0.4, 0.5) is 0 Å². The van der Waals surface area contributed by atoms with Gasteiger partial charge in [0.05, 0.1) is 17.8 Å². The van der Waals surface area contributed by atoms with E-state index in [0.717, 1.165) is 5.56 Å². The number of nitrogens with one attached hydrogen (secondary N) is 1. The minimum atomic E-state index is -1.48. The molecule has 0 bridgehead atoms. The summed E-state index contributed by atoms with van der Waals surface area (Å²) in [6.07, 6.45) is 0.675. The number of aromatic nitrogens is 1. The van der Waals surface area contributed by atoms with E-state index in [1.807, 2.05) is 19.9 Å². The molecule has 2 atom stereocenters. The van der Waals surface area contributed by atoms with E-state index in [-0.39, 0.29) is 11.8 Å². The number of carbonyl (C=O) groups excluding carboxylic acids is 2. The van der Waals surface area contributed by atoms with Crippen molar-refractivity contribution in [2.24, 2.45) is 0 Å². The average molecular weight is 311 g/mol. The van der Waals surface area contributed by atoms with Crippen LogP contribution in [0.5, 0.6) is 0 Å². The number of nitrogens with zero attached hydrogens (tertiary/aromatic N) is 1. The Hall–Kier alpha value is -1.62. The van der Waals surface area contributed by atoms with Gasteiger partial charge in [-0.2, -0.15) is 0 Å². The van der Waals surface area contributed by atoms with Crippen molar-refractivity contribution in [3.05, 3.63) is 28.5 Å². The van der Waals surface area contributed by atoms with Crippen LogP contribution in [0.3, 0.4) is 0 Å². The lowest BCUT2D eigenvalue weighted by Gasteiger charge is -2.42.